The maximum absolute atomic E-state index is 12.5. The van der Waals surface area contributed by atoms with Gasteiger partial charge >= 0.3 is 0 Å². The van der Waals surface area contributed by atoms with E-state index in [1.165, 1.54) is 0 Å². The highest BCUT2D eigenvalue weighted by Crippen LogP contribution is 2.21. The van der Waals surface area contributed by atoms with Gasteiger partial charge in [-0.1, -0.05) is 13.8 Å². The first kappa shape index (κ1) is 21.7. The molecule has 3 rings (SSSR count). The van der Waals surface area contributed by atoms with Gasteiger partial charge in [-0.25, -0.2) is 0 Å². The van der Waals surface area contributed by atoms with Crippen LogP contribution in [0.25, 0.3) is 0 Å². The fourth-order valence-electron chi connectivity index (χ4n) is 3.40. The number of amides is 2. The second-order valence-electron chi connectivity index (χ2n) is 7.58. The molecular weight excluding hydrogens is 378 g/mol. The number of ether oxygens (including phenoxy) is 1. The third-order valence-corrected chi connectivity index (χ3v) is 5.45. The lowest BCUT2D eigenvalue weighted by Crippen LogP contribution is -2.48. The second-order valence-corrected chi connectivity index (χ2v) is 7.58. The number of hydrogen-bond donors (Lipinski definition) is 1. The average Bonchev–Trinajstić information content (AvgIpc) is 2.79. The molecule has 1 N–H and O–H groups in total. The Hall–Kier alpha value is -3.02. The van der Waals surface area contributed by atoms with Gasteiger partial charge in [0.2, 0.25) is 5.91 Å². The first-order valence-electron chi connectivity index (χ1n) is 10.7. The minimum atomic E-state index is -0.149. The van der Waals surface area contributed by atoms with Crippen molar-refractivity contribution in [1.82, 2.24) is 4.90 Å². The van der Waals surface area contributed by atoms with E-state index in [-0.39, 0.29) is 17.9 Å². The van der Waals surface area contributed by atoms with E-state index in [0.717, 1.165) is 49.7 Å². The molecule has 0 radical (unpaired) electrons. The first-order valence-corrected chi connectivity index (χ1v) is 10.7. The van der Waals surface area contributed by atoms with E-state index in [0.29, 0.717) is 12.0 Å². The Morgan fingerprint density at radius 3 is 2.17 bits per heavy atom. The zero-order chi connectivity index (χ0) is 21.5. The van der Waals surface area contributed by atoms with Crippen molar-refractivity contribution >= 4 is 23.2 Å². The van der Waals surface area contributed by atoms with Crippen LogP contribution >= 0.6 is 0 Å². The number of hydrogen-bond acceptors (Lipinski definition) is 4. The highest BCUT2D eigenvalue weighted by Gasteiger charge is 2.20. The Bertz CT molecular complexity index is 841. The van der Waals surface area contributed by atoms with Crippen molar-refractivity contribution in [3.63, 3.8) is 0 Å². The summed E-state index contributed by atoms with van der Waals surface area (Å²) >= 11 is 0. The number of carbonyl (C=O) groups excluding carboxylic acids is 2. The predicted molar refractivity (Wildman–Crippen MR) is 120 cm³/mol. The largest absolute Gasteiger partial charge is 0.491 e. The molecule has 6 nitrogen and oxygen atoms in total. The minimum absolute atomic E-state index is 0.149. The number of piperazine rings is 1. The van der Waals surface area contributed by atoms with E-state index in [1.807, 2.05) is 55.1 Å². The highest BCUT2D eigenvalue weighted by molar-refractivity contribution is 6.04. The van der Waals surface area contributed by atoms with Crippen LogP contribution < -0.4 is 15.0 Å². The molecule has 1 heterocycles. The molecule has 0 saturated carbocycles. The summed E-state index contributed by atoms with van der Waals surface area (Å²) < 4.78 is 5.76. The van der Waals surface area contributed by atoms with Gasteiger partial charge in [-0.3, -0.25) is 9.59 Å². The summed E-state index contributed by atoms with van der Waals surface area (Å²) in [6.07, 6.45) is 1.64. The maximum Gasteiger partial charge on any atom is 0.255 e. The molecule has 0 aliphatic carbocycles. The normalized spacial score (nSPS) is 14.9. The number of rotatable bonds is 7. The smallest absolute Gasteiger partial charge is 0.255 e. The van der Waals surface area contributed by atoms with Crippen LogP contribution in [-0.2, 0) is 4.79 Å². The lowest BCUT2D eigenvalue weighted by atomic mass is 10.2. The van der Waals surface area contributed by atoms with Crippen LogP contribution in [0.5, 0.6) is 5.75 Å². The van der Waals surface area contributed by atoms with Gasteiger partial charge in [0.25, 0.3) is 5.91 Å². The van der Waals surface area contributed by atoms with Crippen LogP contribution in [0.1, 0.15) is 44.0 Å². The molecule has 2 aromatic carbocycles. The molecule has 1 atom stereocenters. The second kappa shape index (κ2) is 10.1. The van der Waals surface area contributed by atoms with Gasteiger partial charge < -0.3 is 19.9 Å². The van der Waals surface area contributed by atoms with Crippen molar-refractivity contribution in [2.24, 2.45) is 0 Å². The van der Waals surface area contributed by atoms with Gasteiger partial charge in [0.15, 0.2) is 0 Å². The number of nitrogens with zero attached hydrogens (tertiary/aromatic N) is 2. The molecule has 2 aromatic rings. The van der Waals surface area contributed by atoms with E-state index < -0.39 is 0 Å². The molecule has 0 spiro atoms. The van der Waals surface area contributed by atoms with Crippen molar-refractivity contribution in [2.45, 2.75) is 39.7 Å². The lowest BCUT2D eigenvalue weighted by molar-refractivity contribution is -0.131. The SMILES string of the molecule is CCC(=O)N1CCN(c2ccc(NC(=O)c3ccc(O[C@H](C)CC)cc3)cc2)CC1. The molecule has 1 saturated heterocycles. The van der Waals surface area contributed by atoms with Crippen LogP contribution in [0.2, 0.25) is 0 Å². The quantitative estimate of drug-likeness (QED) is 0.745. The summed E-state index contributed by atoms with van der Waals surface area (Å²) in [4.78, 5) is 28.5. The van der Waals surface area contributed by atoms with Crippen molar-refractivity contribution in [3.05, 3.63) is 54.1 Å². The average molecular weight is 410 g/mol. The number of carbonyl (C=O) groups is 2. The zero-order valence-corrected chi connectivity index (χ0v) is 18.1. The highest BCUT2D eigenvalue weighted by atomic mass is 16.5. The number of benzene rings is 2. The van der Waals surface area contributed by atoms with Crippen LogP contribution in [0, 0.1) is 0 Å². The van der Waals surface area contributed by atoms with Gasteiger partial charge in [0, 0.05) is 49.5 Å². The Morgan fingerprint density at radius 1 is 0.967 bits per heavy atom. The molecule has 0 unspecified atom stereocenters. The van der Waals surface area contributed by atoms with Crippen molar-refractivity contribution in [3.8, 4) is 5.75 Å². The van der Waals surface area contributed by atoms with E-state index in [4.69, 9.17) is 4.74 Å². The molecule has 1 fully saturated rings. The lowest BCUT2D eigenvalue weighted by Gasteiger charge is -2.36. The van der Waals surface area contributed by atoms with Crippen molar-refractivity contribution in [2.75, 3.05) is 36.4 Å². The molecule has 6 heteroatoms. The number of nitrogens with one attached hydrogen (secondary N) is 1. The van der Waals surface area contributed by atoms with Crippen molar-refractivity contribution < 1.29 is 14.3 Å². The summed E-state index contributed by atoms with van der Waals surface area (Å²) in [6.45, 7) is 9.14. The van der Waals surface area contributed by atoms with Crippen LogP contribution in [0.3, 0.4) is 0 Å². The summed E-state index contributed by atoms with van der Waals surface area (Å²) in [5.74, 6) is 0.836. The topological polar surface area (TPSA) is 61.9 Å². The molecule has 0 bridgehead atoms. The molecule has 0 aromatic heterocycles. The molecule has 30 heavy (non-hydrogen) atoms. The summed E-state index contributed by atoms with van der Waals surface area (Å²) in [5.41, 5.74) is 2.44. The Kier molecular flexibility index (Phi) is 7.33. The van der Waals surface area contributed by atoms with Crippen LogP contribution in [0.4, 0.5) is 11.4 Å². The summed E-state index contributed by atoms with van der Waals surface area (Å²) in [5, 5.41) is 2.94. The monoisotopic (exact) mass is 409 g/mol. The first-order chi connectivity index (χ1) is 14.5. The molecule has 160 valence electrons. The van der Waals surface area contributed by atoms with E-state index >= 15 is 0 Å². The summed E-state index contributed by atoms with van der Waals surface area (Å²) in [6, 6.07) is 15.1. The number of anilines is 2. The van der Waals surface area contributed by atoms with E-state index in [1.54, 1.807) is 12.1 Å². The van der Waals surface area contributed by atoms with Crippen LogP contribution in [0.15, 0.2) is 48.5 Å². The maximum atomic E-state index is 12.5. The fourth-order valence-corrected chi connectivity index (χ4v) is 3.40. The standard InChI is InChI=1S/C24H31N3O3/c1-4-18(3)30-22-12-6-19(7-13-22)24(29)25-20-8-10-21(11-9-20)26-14-16-27(17-15-26)23(28)5-2/h6-13,18H,4-5,14-17H2,1-3H3,(H,25,29)/t18-/m1/s1. The molecular formula is C24H31N3O3. The van der Waals surface area contributed by atoms with Gasteiger partial charge in [0.1, 0.15) is 5.75 Å². The van der Waals surface area contributed by atoms with Gasteiger partial charge in [0.05, 0.1) is 6.10 Å². The van der Waals surface area contributed by atoms with E-state index in [2.05, 4.69) is 17.1 Å². The minimum Gasteiger partial charge on any atom is -0.491 e. The van der Waals surface area contributed by atoms with E-state index in [9.17, 15) is 9.59 Å². The fraction of sp³-hybridized carbons (Fsp3) is 0.417. The van der Waals surface area contributed by atoms with Crippen LogP contribution in [-0.4, -0.2) is 49.0 Å². The third kappa shape index (κ3) is 5.53. The van der Waals surface area contributed by atoms with Crippen molar-refractivity contribution in [1.29, 1.82) is 0 Å². The molecule has 1 aliphatic rings. The van der Waals surface area contributed by atoms with Gasteiger partial charge in [-0.2, -0.15) is 0 Å². The zero-order valence-electron chi connectivity index (χ0n) is 18.1. The van der Waals surface area contributed by atoms with Gasteiger partial charge in [-0.15, -0.1) is 0 Å². The Morgan fingerprint density at radius 2 is 1.60 bits per heavy atom. The van der Waals surface area contributed by atoms with Gasteiger partial charge in [-0.05, 0) is 61.9 Å². The molecule has 1 aliphatic heterocycles. The molecule has 2 amide bonds. The Labute approximate surface area is 178 Å². The third-order valence-electron chi connectivity index (χ3n) is 5.45. The summed E-state index contributed by atoms with van der Waals surface area (Å²) in [7, 11) is 0. The Balaban J connectivity index is 1.54. The predicted octanol–water partition coefficient (Wildman–Crippen LogP) is 4.17.